The van der Waals surface area contributed by atoms with Crippen LogP contribution in [0.1, 0.15) is 177 Å². The Morgan fingerprint density at radius 2 is 0.795 bits per heavy atom. The summed E-state index contributed by atoms with van der Waals surface area (Å²) in [6.45, 7) is 4.47. The first kappa shape index (κ1) is 37.8. The maximum Gasteiger partial charge on any atom is 0.509 e. The first-order valence-electron chi connectivity index (χ1n) is 17.9. The van der Waals surface area contributed by atoms with Gasteiger partial charge in [0.15, 0.2) is 0 Å². The summed E-state index contributed by atoms with van der Waals surface area (Å²) in [7, 11) is 0. The van der Waals surface area contributed by atoms with Crippen molar-refractivity contribution < 1.29 is 24.5 Å². The van der Waals surface area contributed by atoms with E-state index in [4.69, 9.17) is 9.47 Å². The van der Waals surface area contributed by atoms with Crippen molar-refractivity contribution in [3.63, 3.8) is 0 Å². The van der Waals surface area contributed by atoms with Crippen molar-refractivity contribution in [3.8, 4) is 0 Å². The van der Waals surface area contributed by atoms with Gasteiger partial charge in [0.25, 0.3) is 0 Å². The highest BCUT2D eigenvalue weighted by Gasteiger charge is 2.22. The highest BCUT2D eigenvalue weighted by molar-refractivity contribution is 5.61. The average Bonchev–Trinajstić information content (AvgIpc) is 3.05. The van der Waals surface area contributed by atoms with Gasteiger partial charge in [0.2, 0.25) is 0 Å². The molecule has 2 rings (SSSR count). The summed E-state index contributed by atoms with van der Waals surface area (Å²) in [5, 5.41) is 19.0. The molecule has 2 aromatic rings. The molecule has 0 spiro atoms. The third-order valence-corrected chi connectivity index (χ3v) is 8.68. The number of carbonyl (C=O) groups is 1. The van der Waals surface area contributed by atoms with Crippen molar-refractivity contribution in [3.05, 3.63) is 70.8 Å². The van der Waals surface area contributed by atoms with E-state index in [1.54, 1.807) is 0 Å². The van der Waals surface area contributed by atoms with E-state index in [-0.39, 0.29) is 25.4 Å². The number of ether oxygens (including phenoxy) is 2. The summed E-state index contributed by atoms with van der Waals surface area (Å²) in [6, 6.07) is 15.4. The molecular formula is C39H62O5. The number of hydrogen-bond donors (Lipinski definition) is 2. The molecule has 5 heteroatoms. The number of aliphatic hydroxyl groups is 2. The van der Waals surface area contributed by atoms with E-state index in [1.165, 1.54) is 89.9 Å². The van der Waals surface area contributed by atoms with Crippen LogP contribution < -0.4 is 0 Å². The van der Waals surface area contributed by atoms with Crippen LogP contribution in [-0.2, 0) is 22.7 Å². The van der Waals surface area contributed by atoms with Gasteiger partial charge in [-0.1, -0.05) is 165 Å². The zero-order valence-electron chi connectivity index (χ0n) is 27.9. The smallest absolute Gasteiger partial charge is 0.426 e. The van der Waals surface area contributed by atoms with Gasteiger partial charge >= 0.3 is 6.16 Å². The molecule has 0 aliphatic rings. The monoisotopic (exact) mass is 610 g/mol. The molecule has 0 saturated heterocycles. The van der Waals surface area contributed by atoms with Crippen molar-refractivity contribution in [1.29, 1.82) is 0 Å². The topological polar surface area (TPSA) is 76.0 Å². The summed E-state index contributed by atoms with van der Waals surface area (Å²) in [5.74, 6) is 0. The molecule has 0 aliphatic heterocycles. The van der Waals surface area contributed by atoms with E-state index in [2.05, 4.69) is 13.8 Å². The molecule has 0 radical (unpaired) electrons. The molecule has 0 saturated carbocycles. The standard InChI is InChI=1S/C39H62O5/c1-3-5-7-9-11-13-15-17-19-21-37(35-27-23-33(31-40)24-28-35)43-39(42)44-38(36-29-25-34(32-41)26-30-36)22-20-18-16-14-12-10-8-6-4-2/h23-30,37-38,40-41H,3-22,31-32H2,1-2H3. The van der Waals surface area contributed by atoms with E-state index in [1.807, 2.05) is 48.5 Å². The maximum absolute atomic E-state index is 13.3. The lowest BCUT2D eigenvalue weighted by atomic mass is 10.00. The molecule has 0 aliphatic carbocycles. The molecular weight excluding hydrogens is 548 g/mol. The lowest BCUT2D eigenvalue weighted by Gasteiger charge is -2.22. The van der Waals surface area contributed by atoms with Gasteiger partial charge in [-0.3, -0.25) is 0 Å². The van der Waals surface area contributed by atoms with Crippen molar-refractivity contribution in [2.24, 2.45) is 0 Å². The maximum atomic E-state index is 13.3. The number of unbranched alkanes of at least 4 members (excludes halogenated alkanes) is 16. The second-order valence-corrected chi connectivity index (χ2v) is 12.5. The Hall–Kier alpha value is -2.37. The second kappa shape index (κ2) is 24.9. The highest BCUT2D eigenvalue weighted by Crippen LogP contribution is 2.30. The Kier molecular flexibility index (Phi) is 21.4. The van der Waals surface area contributed by atoms with Crippen LogP contribution in [0.25, 0.3) is 0 Å². The molecule has 0 amide bonds. The molecule has 0 aromatic heterocycles. The fourth-order valence-corrected chi connectivity index (χ4v) is 5.80. The lowest BCUT2D eigenvalue weighted by Crippen LogP contribution is -2.17. The first-order chi connectivity index (χ1) is 21.6. The van der Waals surface area contributed by atoms with Gasteiger partial charge in [-0.2, -0.15) is 0 Å². The number of rotatable bonds is 26. The molecule has 2 atom stereocenters. The van der Waals surface area contributed by atoms with Crippen molar-refractivity contribution in [2.45, 2.75) is 168 Å². The Morgan fingerprint density at radius 1 is 0.500 bits per heavy atom. The first-order valence-corrected chi connectivity index (χ1v) is 17.9. The summed E-state index contributed by atoms with van der Waals surface area (Å²) < 4.78 is 12.0. The molecule has 0 heterocycles. The van der Waals surface area contributed by atoms with Crippen molar-refractivity contribution >= 4 is 6.16 Å². The van der Waals surface area contributed by atoms with E-state index in [0.29, 0.717) is 0 Å². The number of carbonyl (C=O) groups excluding carboxylic acids is 1. The Morgan fingerprint density at radius 3 is 1.09 bits per heavy atom. The van der Waals surface area contributed by atoms with E-state index in [9.17, 15) is 15.0 Å². The minimum absolute atomic E-state index is 0.0122. The fraction of sp³-hybridized carbons (Fsp3) is 0.667. The summed E-state index contributed by atoms with van der Waals surface area (Å²) in [5.41, 5.74) is 3.54. The van der Waals surface area contributed by atoms with Crippen LogP contribution in [-0.4, -0.2) is 16.4 Å². The zero-order chi connectivity index (χ0) is 31.7. The molecule has 0 fully saturated rings. The number of hydrogen-bond acceptors (Lipinski definition) is 5. The molecule has 0 bridgehead atoms. The van der Waals surface area contributed by atoms with Crippen LogP contribution in [0.2, 0.25) is 0 Å². The number of benzene rings is 2. The van der Waals surface area contributed by atoms with E-state index in [0.717, 1.165) is 60.8 Å². The SMILES string of the molecule is CCCCCCCCCCCC(OC(=O)OC(CCCCCCCCCCC)c1ccc(CO)cc1)c1ccc(CO)cc1. The largest absolute Gasteiger partial charge is 0.509 e. The molecule has 2 N–H and O–H groups in total. The highest BCUT2D eigenvalue weighted by atomic mass is 16.7. The second-order valence-electron chi connectivity index (χ2n) is 12.5. The third-order valence-electron chi connectivity index (χ3n) is 8.68. The van der Waals surface area contributed by atoms with Gasteiger partial charge in [-0.05, 0) is 47.9 Å². The van der Waals surface area contributed by atoms with Crippen LogP contribution in [0, 0.1) is 0 Å². The van der Waals surface area contributed by atoms with Crippen LogP contribution in [0.4, 0.5) is 4.79 Å². The van der Waals surface area contributed by atoms with Gasteiger partial charge in [-0.15, -0.1) is 0 Å². The summed E-state index contributed by atoms with van der Waals surface area (Å²) in [6.07, 6.45) is 22.4. The lowest BCUT2D eigenvalue weighted by molar-refractivity contribution is -0.00871. The van der Waals surface area contributed by atoms with Crippen LogP contribution in [0.5, 0.6) is 0 Å². The van der Waals surface area contributed by atoms with Crippen LogP contribution >= 0.6 is 0 Å². The van der Waals surface area contributed by atoms with Gasteiger partial charge in [0.05, 0.1) is 13.2 Å². The van der Waals surface area contributed by atoms with Gasteiger partial charge in [-0.25, -0.2) is 4.79 Å². The summed E-state index contributed by atoms with van der Waals surface area (Å²) in [4.78, 5) is 13.3. The van der Waals surface area contributed by atoms with Crippen molar-refractivity contribution in [2.75, 3.05) is 0 Å². The number of aliphatic hydroxyl groups excluding tert-OH is 2. The van der Waals surface area contributed by atoms with E-state index >= 15 is 0 Å². The minimum Gasteiger partial charge on any atom is -0.426 e. The van der Waals surface area contributed by atoms with Crippen molar-refractivity contribution in [1.82, 2.24) is 0 Å². The Bertz CT molecular complexity index is 878. The fourth-order valence-electron chi connectivity index (χ4n) is 5.80. The predicted octanol–water partition coefficient (Wildman–Crippen LogP) is 11.4. The quantitative estimate of drug-likeness (QED) is 0.0818. The molecule has 44 heavy (non-hydrogen) atoms. The zero-order valence-corrected chi connectivity index (χ0v) is 27.9. The van der Waals surface area contributed by atoms with Gasteiger partial charge in [0, 0.05) is 0 Å². The van der Waals surface area contributed by atoms with E-state index < -0.39 is 6.16 Å². The Balaban J connectivity index is 1.94. The Labute approximate surface area is 268 Å². The summed E-state index contributed by atoms with van der Waals surface area (Å²) >= 11 is 0. The minimum atomic E-state index is -0.635. The average molecular weight is 611 g/mol. The van der Waals surface area contributed by atoms with Gasteiger partial charge in [0.1, 0.15) is 12.2 Å². The van der Waals surface area contributed by atoms with Crippen LogP contribution in [0.15, 0.2) is 48.5 Å². The molecule has 5 nitrogen and oxygen atoms in total. The van der Waals surface area contributed by atoms with Gasteiger partial charge < -0.3 is 19.7 Å². The normalized spacial score (nSPS) is 12.6. The molecule has 2 aromatic carbocycles. The van der Waals surface area contributed by atoms with Crippen LogP contribution in [0.3, 0.4) is 0 Å². The predicted molar refractivity (Wildman–Crippen MR) is 181 cm³/mol. The molecule has 2 unspecified atom stereocenters. The molecule has 248 valence electrons. The third kappa shape index (κ3) is 16.6.